The van der Waals surface area contributed by atoms with E-state index in [9.17, 15) is 53.9 Å². The summed E-state index contributed by atoms with van der Waals surface area (Å²) in [5, 5.41) is 6.71. The lowest BCUT2D eigenvalue weighted by molar-refractivity contribution is -0.347. The molecule has 0 unspecified atom stereocenters. The van der Waals surface area contributed by atoms with E-state index >= 15 is 8.78 Å². The topological polar surface area (TPSA) is 305 Å². The summed E-state index contributed by atoms with van der Waals surface area (Å²) < 4.78 is 133. The van der Waals surface area contributed by atoms with Gasteiger partial charge in [0.2, 0.25) is 0 Å². The van der Waals surface area contributed by atoms with E-state index < -0.39 is 77.9 Å². The summed E-state index contributed by atoms with van der Waals surface area (Å²) in [7, 11) is -5.93. The molecule has 6 heterocycles. The van der Waals surface area contributed by atoms with Crippen molar-refractivity contribution in [2.45, 2.75) is 13.8 Å². The molecule has 0 saturated carbocycles. The van der Waals surface area contributed by atoms with E-state index in [0.717, 1.165) is 56.5 Å². The SMILES string of the molecule is Cc1c(C(=O)Nc2ccc(Oc3cc[nH+]c4[nH]cc(-c5ccccc5)c34)c(F)c2)c(=O)n(-c2ccc(F)cc2)n1C.Cc1c(C(=O)Nc2ccc(Oc3cc[nH+]c4[nH]cc(-c5ccccc5)c34)c(F)c2)c(=O)n(-c2ccc(F)cc2)n1C.O=S(=O)([O-])CCS(=O)(=O)[O-]. The maximum absolute atomic E-state index is 15.2. The van der Waals surface area contributed by atoms with Gasteiger partial charge in [0, 0.05) is 60.9 Å². The fourth-order valence-electron chi connectivity index (χ4n) is 9.85. The van der Waals surface area contributed by atoms with Crippen LogP contribution >= 0.6 is 0 Å². The van der Waals surface area contributed by atoms with Crippen molar-refractivity contribution in [1.29, 1.82) is 0 Å². The van der Waals surface area contributed by atoms with E-state index in [4.69, 9.17) is 9.47 Å². The number of ether oxygens (including phenoxy) is 2. The van der Waals surface area contributed by atoms with Gasteiger partial charge in [0.25, 0.3) is 34.2 Å². The number of fused-ring (bicyclic) bond motifs is 2. The third-order valence-corrected chi connectivity index (χ3v) is 16.1. The minimum atomic E-state index is -4.59. The van der Waals surface area contributed by atoms with Crippen molar-refractivity contribution in [2.24, 2.45) is 14.1 Å². The van der Waals surface area contributed by atoms with Gasteiger partial charge in [0.1, 0.15) is 45.0 Å². The molecule has 92 heavy (non-hydrogen) atoms. The number of benzene rings is 6. The summed E-state index contributed by atoms with van der Waals surface area (Å²) in [6.45, 7) is 3.24. The highest BCUT2D eigenvalue weighted by Gasteiger charge is 2.26. The van der Waals surface area contributed by atoms with Crippen LogP contribution < -0.4 is 41.2 Å². The minimum absolute atomic E-state index is 0.0368. The average molecular weight is 1290 g/mol. The minimum Gasteiger partial charge on any atom is -0.748 e. The Hall–Kier alpha value is -11.2. The van der Waals surface area contributed by atoms with Crippen LogP contribution in [0.4, 0.5) is 28.9 Å². The summed E-state index contributed by atoms with van der Waals surface area (Å²) >= 11 is 0. The first-order valence-electron chi connectivity index (χ1n) is 27.5. The second-order valence-corrected chi connectivity index (χ2v) is 23.4. The van der Waals surface area contributed by atoms with Gasteiger partial charge in [-0.2, -0.15) is 0 Å². The Labute approximate surface area is 520 Å². The molecule has 0 aliphatic carbocycles. The number of aromatic amines is 4. The summed E-state index contributed by atoms with van der Waals surface area (Å²) in [6, 6.07) is 41.7. The number of nitrogens with one attached hydrogen (secondary N) is 6. The van der Waals surface area contributed by atoms with E-state index in [0.29, 0.717) is 34.3 Å². The lowest BCUT2D eigenvalue weighted by Crippen LogP contribution is -2.25. The number of pyridine rings is 2. The number of amides is 2. The van der Waals surface area contributed by atoms with Crippen molar-refractivity contribution in [2.75, 3.05) is 22.1 Å². The lowest BCUT2D eigenvalue weighted by atomic mass is 10.1. The third kappa shape index (κ3) is 14.1. The van der Waals surface area contributed by atoms with E-state index in [2.05, 4.69) is 30.6 Å². The smallest absolute Gasteiger partial charge is 0.288 e. The van der Waals surface area contributed by atoms with Gasteiger partial charge in [-0.05, 0) is 97.8 Å². The average Bonchev–Trinajstić information content (AvgIpc) is 1.77. The van der Waals surface area contributed by atoms with Crippen LogP contribution in [-0.2, 0) is 34.3 Å². The number of carbonyl (C=O) groups excluding carboxylic acids is 2. The van der Waals surface area contributed by atoms with Crippen molar-refractivity contribution >= 4 is 65.5 Å². The predicted octanol–water partition coefficient (Wildman–Crippen LogP) is 9.62. The number of hydrogen-bond acceptors (Lipinski definition) is 12. The molecule has 22 nitrogen and oxygen atoms in total. The second kappa shape index (κ2) is 26.5. The molecule has 0 spiro atoms. The standard InChI is InChI=1S/2C31H23F2N5O3.C2H6O6S2/c2*1-18-27(31(40)38(37(18)2)22-11-8-20(32)9-12-22)30(39)36-21-10-13-25(24(33)16-21)41-26-14-15-34-29-28(26)23(17-35-29)19-6-4-3-5-7-19;3-9(4,5)1-2-10(6,7)8/h2*3-17H,1-2H3,(H,34,35)(H,36,39);1-2H2,(H,3,4,5)(H,6,7,8). The van der Waals surface area contributed by atoms with Crippen molar-refractivity contribution in [3.8, 4) is 56.6 Å². The first-order chi connectivity index (χ1) is 43.8. The molecule has 6 aromatic heterocycles. The van der Waals surface area contributed by atoms with Crippen LogP contribution in [0.5, 0.6) is 23.0 Å². The molecule has 12 rings (SSSR count). The Morgan fingerprint density at radius 2 is 0.870 bits per heavy atom. The van der Waals surface area contributed by atoms with Gasteiger partial charge in [0.05, 0.1) is 79.3 Å². The number of rotatable bonds is 15. The van der Waals surface area contributed by atoms with Crippen LogP contribution in [0.15, 0.2) is 192 Å². The highest BCUT2D eigenvalue weighted by Crippen LogP contribution is 2.39. The lowest BCUT2D eigenvalue weighted by Gasteiger charge is -2.10. The molecule has 0 radical (unpaired) electrons. The molecule has 12 aromatic rings. The van der Waals surface area contributed by atoms with Crippen LogP contribution in [0.3, 0.4) is 0 Å². The first kappa shape index (κ1) is 63.8. The zero-order chi connectivity index (χ0) is 65.8. The number of carbonyl (C=O) groups is 2. The maximum Gasteiger partial charge on any atom is 0.288 e. The molecular weight excluding hydrogens is 1240 g/mol. The molecular formula is C64H52F4N10O12S2. The number of hydrogen-bond donors (Lipinski definition) is 4. The summed E-state index contributed by atoms with van der Waals surface area (Å²) in [5.41, 5.74) is 5.65. The summed E-state index contributed by atoms with van der Waals surface area (Å²) in [6.07, 6.45) is 7.09. The van der Waals surface area contributed by atoms with Crippen LogP contribution in [0.1, 0.15) is 32.1 Å². The number of H-pyrrole nitrogens is 4. The van der Waals surface area contributed by atoms with E-state index in [1.165, 1.54) is 91.5 Å². The fourth-order valence-corrected chi connectivity index (χ4v) is 11.5. The molecule has 28 heteroatoms. The quantitative estimate of drug-likeness (QED) is 0.0551. The zero-order valence-electron chi connectivity index (χ0n) is 48.8. The molecule has 2 amide bonds. The molecule has 0 aliphatic rings. The van der Waals surface area contributed by atoms with Gasteiger partial charge in [0.15, 0.2) is 23.1 Å². The van der Waals surface area contributed by atoms with Crippen LogP contribution in [-0.4, -0.2) is 78.0 Å². The van der Waals surface area contributed by atoms with Crippen LogP contribution in [0.25, 0.3) is 55.7 Å². The molecule has 0 atom stereocenters. The molecule has 0 bridgehead atoms. The fraction of sp³-hybridized carbons (Fsp3) is 0.0938. The van der Waals surface area contributed by atoms with Gasteiger partial charge >= 0.3 is 0 Å². The van der Waals surface area contributed by atoms with Crippen LogP contribution in [0, 0.1) is 37.1 Å². The van der Waals surface area contributed by atoms with Gasteiger partial charge in [-0.1, -0.05) is 60.7 Å². The highest BCUT2D eigenvalue weighted by atomic mass is 32.2. The normalized spacial score (nSPS) is 11.4. The van der Waals surface area contributed by atoms with E-state index in [1.807, 2.05) is 73.1 Å². The Bertz CT molecular complexity index is 4810. The largest absolute Gasteiger partial charge is 0.748 e. The molecule has 0 fully saturated rings. The number of anilines is 2. The Morgan fingerprint density at radius 1 is 0.511 bits per heavy atom. The first-order valence-corrected chi connectivity index (χ1v) is 30.7. The van der Waals surface area contributed by atoms with Gasteiger partial charge in [-0.15, -0.1) is 0 Å². The molecule has 470 valence electrons. The van der Waals surface area contributed by atoms with Crippen molar-refractivity contribution in [3.63, 3.8) is 0 Å². The molecule has 6 aromatic carbocycles. The number of aromatic nitrogens is 8. The second-order valence-electron chi connectivity index (χ2n) is 20.4. The number of halogens is 4. The molecule has 0 aliphatic heterocycles. The predicted molar refractivity (Wildman–Crippen MR) is 330 cm³/mol. The van der Waals surface area contributed by atoms with Gasteiger partial charge in [-0.3, -0.25) is 28.5 Å². The Morgan fingerprint density at radius 3 is 1.21 bits per heavy atom. The summed E-state index contributed by atoms with van der Waals surface area (Å²) in [5.74, 6) is -5.18. The zero-order valence-corrected chi connectivity index (χ0v) is 50.4. The number of nitrogens with zero attached hydrogens (tertiary/aromatic N) is 4. The van der Waals surface area contributed by atoms with Crippen LogP contribution in [0.2, 0.25) is 0 Å². The van der Waals surface area contributed by atoms with Crippen molar-refractivity contribution < 1.29 is 72.5 Å². The van der Waals surface area contributed by atoms with Gasteiger partial charge in [-0.25, -0.2) is 63.7 Å². The molecule has 0 saturated heterocycles. The Kier molecular flexibility index (Phi) is 18.4. The van der Waals surface area contributed by atoms with E-state index in [1.54, 1.807) is 52.5 Å². The molecule has 6 N–H and O–H groups in total. The van der Waals surface area contributed by atoms with Gasteiger partial charge < -0.3 is 29.2 Å². The summed E-state index contributed by atoms with van der Waals surface area (Å²) in [4.78, 5) is 65.2. The Balaban J connectivity index is 0.000000176. The van der Waals surface area contributed by atoms with Crippen molar-refractivity contribution in [1.82, 2.24) is 28.7 Å². The highest BCUT2D eigenvalue weighted by molar-refractivity contribution is 7.89. The maximum atomic E-state index is 15.2. The van der Waals surface area contributed by atoms with E-state index in [-0.39, 0.29) is 34.0 Å². The third-order valence-electron chi connectivity index (χ3n) is 14.5. The van der Waals surface area contributed by atoms with Crippen molar-refractivity contribution in [3.05, 3.63) is 249 Å². The monoisotopic (exact) mass is 1290 g/mol.